The molecule has 0 aromatic heterocycles. The van der Waals surface area contributed by atoms with Gasteiger partial charge in [-0.3, -0.25) is 0 Å². The van der Waals surface area contributed by atoms with Gasteiger partial charge in [-0.2, -0.15) is 5.26 Å². The van der Waals surface area contributed by atoms with E-state index < -0.39 is 12.3 Å². The highest BCUT2D eigenvalue weighted by Crippen LogP contribution is 2.21. The Kier molecular flexibility index (Phi) is 4.82. The van der Waals surface area contributed by atoms with Crippen LogP contribution in [0.3, 0.4) is 0 Å². The molecule has 0 saturated carbocycles. The fourth-order valence-corrected chi connectivity index (χ4v) is 1.22. The van der Waals surface area contributed by atoms with Crippen LogP contribution < -0.4 is 4.74 Å². The zero-order valence-corrected chi connectivity index (χ0v) is 9.67. The number of methoxy groups -OCH3 is 1. The van der Waals surface area contributed by atoms with Crippen molar-refractivity contribution in [2.45, 2.75) is 13.0 Å². The van der Waals surface area contributed by atoms with Crippen LogP contribution in [0.4, 0.5) is 4.79 Å². The zero-order chi connectivity index (χ0) is 12.7. The highest BCUT2D eigenvalue weighted by molar-refractivity contribution is 5.60. The summed E-state index contributed by atoms with van der Waals surface area (Å²) in [5.74, 6) is 0.593. The van der Waals surface area contributed by atoms with Gasteiger partial charge in [-0.1, -0.05) is 12.1 Å². The van der Waals surface area contributed by atoms with Gasteiger partial charge in [0.25, 0.3) is 0 Å². The smallest absolute Gasteiger partial charge is 0.497 e. The Hall–Kier alpha value is -2.22. The third-order valence-corrected chi connectivity index (χ3v) is 1.99. The average molecular weight is 235 g/mol. The molecular weight excluding hydrogens is 222 g/mol. The van der Waals surface area contributed by atoms with Crippen LogP contribution in [-0.4, -0.2) is 19.9 Å². The van der Waals surface area contributed by atoms with Crippen molar-refractivity contribution in [1.82, 2.24) is 0 Å². The van der Waals surface area contributed by atoms with Gasteiger partial charge in [-0.05, 0) is 19.1 Å². The molecule has 0 amide bonds. The second kappa shape index (κ2) is 6.38. The van der Waals surface area contributed by atoms with Crippen LogP contribution >= 0.6 is 0 Å². The molecule has 0 aliphatic carbocycles. The Morgan fingerprint density at radius 3 is 2.88 bits per heavy atom. The van der Waals surface area contributed by atoms with Gasteiger partial charge in [0.05, 0.1) is 13.7 Å². The number of carbonyl (C=O) groups is 1. The molecule has 1 aromatic rings. The maximum atomic E-state index is 11.1. The van der Waals surface area contributed by atoms with E-state index in [0.29, 0.717) is 11.3 Å². The first kappa shape index (κ1) is 12.8. The number of nitrogens with zero attached hydrogens (tertiary/aromatic N) is 1. The molecule has 17 heavy (non-hydrogen) atoms. The summed E-state index contributed by atoms with van der Waals surface area (Å²) in [5, 5.41) is 8.94. The van der Waals surface area contributed by atoms with E-state index in [0.717, 1.165) is 0 Å². The van der Waals surface area contributed by atoms with Crippen LogP contribution in [0.2, 0.25) is 0 Å². The van der Waals surface area contributed by atoms with Gasteiger partial charge >= 0.3 is 6.16 Å². The van der Waals surface area contributed by atoms with Crippen molar-refractivity contribution in [3.8, 4) is 11.8 Å². The molecule has 0 bridgehead atoms. The van der Waals surface area contributed by atoms with E-state index in [1.165, 1.54) is 7.11 Å². The predicted molar refractivity (Wildman–Crippen MR) is 59.5 cm³/mol. The molecule has 0 N–H and O–H groups in total. The topological polar surface area (TPSA) is 68.5 Å². The summed E-state index contributed by atoms with van der Waals surface area (Å²) in [6, 6.07) is 8.64. The van der Waals surface area contributed by atoms with Gasteiger partial charge < -0.3 is 14.2 Å². The second-order valence-electron chi connectivity index (χ2n) is 3.09. The summed E-state index contributed by atoms with van der Waals surface area (Å²) >= 11 is 0. The van der Waals surface area contributed by atoms with E-state index in [1.807, 2.05) is 6.07 Å². The number of carbonyl (C=O) groups excluding carboxylic acids is 1. The van der Waals surface area contributed by atoms with Crippen molar-refractivity contribution in [3.63, 3.8) is 0 Å². The van der Waals surface area contributed by atoms with Crippen molar-refractivity contribution in [2.75, 3.05) is 13.7 Å². The lowest BCUT2D eigenvalue weighted by Gasteiger charge is -2.11. The first-order valence-corrected chi connectivity index (χ1v) is 5.08. The van der Waals surface area contributed by atoms with E-state index >= 15 is 0 Å². The van der Waals surface area contributed by atoms with E-state index in [9.17, 15) is 4.79 Å². The molecule has 0 saturated heterocycles. The third kappa shape index (κ3) is 3.68. The summed E-state index contributed by atoms with van der Waals surface area (Å²) in [6.07, 6.45) is -1.86. The zero-order valence-electron chi connectivity index (χ0n) is 9.67. The van der Waals surface area contributed by atoms with E-state index in [1.54, 1.807) is 31.2 Å². The lowest BCUT2D eigenvalue weighted by Crippen LogP contribution is -2.11. The summed E-state index contributed by atoms with van der Waals surface area (Å²) in [6.45, 7) is 1.86. The minimum Gasteiger partial charge on any atom is -0.497 e. The van der Waals surface area contributed by atoms with Crippen LogP contribution in [0.5, 0.6) is 5.75 Å². The normalized spacial score (nSPS) is 11.1. The van der Waals surface area contributed by atoms with Crippen LogP contribution in [0, 0.1) is 11.3 Å². The quantitative estimate of drug-likeness (QED) is 0.749. The van der Waals surface area contributed by atoms with E-state index in [4.69, 9.17) is 14.7 Å². The summed E-state index contributed by atoms with van der Waals surface area (Å²) < 4.78 is 14.5. The van der Waals surface area contributed by atoms with E-state index in [2.05, 4.69) is 4.74 Å². The largest absolute Gasteiger partial charge is 0.509 e. The van der Waals surface area contributed by atoms with Gasteiger partial charge in [0.2, 0.25) is 6.10 Å². The Labute approximate surface area is 99.5 Å². The lowest BCUT2D eigenvalue weighted by atomic mass is 10.1. The molecule has 0 fully saturated rings. The molecule has 0 radical (unpaired) electrons. The number of ether oxygens (including phenoxy) is 3. The van der Waals surface area contributed by atoms with Crippen molar-refractivity contribution in [3.05, 3.63) is 29.8 Å². The van der Waals surface area contributed by atoms with Crippen molar-refractivity contribution < 1.29 is 19.0 Å². The molecule has 0 aliphatic rings. The number of hydrogen-bond donors (Lipinski definition) is 0. The molecule has 5 heteroatoms. The van der Waals surface area contributed by atoms with Crippen LogP contribution in [0.1, 0.15) is 18.6 Å². The SMILES string of the molecule is CCOC(=O)O[C@H](C#N)c1cccc(OC)c1. The Bertz CT molecular complexity index is 425. The molecule has 1 rings (SSSR count). The fraction of sp³-hybridized carbons (Fsp3) is 0.333. The summed E-state index contributed by atoms with van der Waals surface area (Å²) in [7, 11) is 1.52. The van der Waals surface area contributed by atoms with Gasteiger partial charge in [-0.15, -0.1) is 0 Å². The first-order valence-electron chi connectivity index (χ1n) is 5.08. The number of benzene rings is 1. The molecular formula is C12H13NO4. The molecule has 1 aromatic carbocycles. The molecule has 0 heterocycles. The number of rotatable bonds is 4. The number of hydrogen-bond acceptors (Lipinski definition) is 5. The fourth-order valence-electron chi connectivity index (χ4n) is 1.22. The summed E-state index contributed by atoms with van der Waals surface area (Å²) in [5.41, 5.74) is 0.542. The van der Waals surface area contributed by atoms with Gasteiger partial charge in [0.1, 0.15) is 11.8 Å². The van der Waals surface area contributed by atoms with E-state index in [-0.39, 0.29) is 6.61 Å². The van der Waals surface area contributed by atoms with Crippen LogP contribution in [0.25, 0.3) is 0 Å². The average Bonchev–Trinajstić information content (AvgIpc) is 2.36. The predicted octanol–water partition coefficient (Wildman–Crippen LogP) is 2.43. The lowest BCUT2D eigenvalue weighted by molar-refractivity contribution is 0.0420. The first-order chi connectivity index (χ1) is 8.21. The third-order valence-electron chi connectivity index (χ3n) is 1.99. The maximum absolute atomic E-state index is 11.1. The Balaban J connectivity index is 2.79. The minimum absolute atomic E-state index is 0.203. The Morgan fingerprint density at radius 1 is 1.53 bits per heavy atom. The molecule has 0 spiro atoms. The van der Waals surface area contributed by atoms with Crippen LogP contribution in [-0.2, 0) is 9.47 Å². The standard InChI is InChI=1S/C12H13NO4/c1-3-16-12(14)17-11(8-13)9-5-4-6-10(7-9)15-2/h4-7,11H,3H2,1-2H3/t11-/m1/s1. The molecule has 1 atom stereocenters. The number of nitriles is 1. The highest BCUT2D eigenvalue weighted by atomic mass is 16.7. The van der Waals surface area contributed by atoms with Gasteiger partial charge in [0, 0.05) is 5.56 Å². The monoisotopic (exact) mass is 235 g/mol. The molecule has 0 aliphatic heterocycles. The Morgan fingerprint density at radius 2 is 2.29 bits per heavy atom. The second-order valence-corrected chi connectivity index (χ2v) is 3.09. The summed E-state index contributed by atoms with van der Waals surface area (Å²) in [4.78, 5) is 11.1. The van der Waals surface area contributed by atoms with Crippen LogP contribution in [0.15, 0.2) is 24.3 Å². The highest BCUT2D eigenvalue weighted by Gasteiger charge is 2.17. The van der Waals surface area contributed by atoms with Crippen molar-refractivity contribution in [2.24, 2.45) is 0 Å². The van der Waals surface area contributed by atoms with Crippen molar-refractivity contribution in [1.29, 1.82) is 5.26 Å². The van der Waals surface area contributed by atoms with Gasteiger partial charge in [0.15, 0.2) is 0 Å². The van der Waals surface area contributed by atoms with Gasteiger partial charge in [-0.25, -0.2) is 4.79 Å². The molecule has 5 nitrogen and oxygen atoms in total. The minimum atomic E-state index is -0.996. The maximum Gasteiger partial charge on any atom is 0.509 e. The molecule has 0 unspecified atom stereocenters. The molecule has 90 valence electrons. The van der Waals surface area contributed by atoms with Crippen molar-refractivity contribution >= 4 is 6.16 Å².